The van der Waals surface area contributed by atoms with Crippen LogP contribution in [0.4, 0.5) is 0 Å². The van der Waals surface area contributed by atoms with Crippen LogP contribution in [0.15, 0.2) is 53.4 Å². The highest BCUT2D eigenvalue weighted by Gasteiger charge is 2.26. The zero-order valence-corrected chi connectivity index (χ0v) is 15.6. The molecule has 1 heterocycles. The molecule has 2 aromatic rings. The van der Waals surface area contributed by atoms with Gasteiger partial charge in [0.05, 0.1) is 24.7 Å². The first-order valence-corrected chi connectivity index (χ1v) is 10.1. The molecule has 2 aromatic carbocycles. The van der Waals surface area contributed by atoms with Gasteiger partial charge in [-0.3, -0.25) is 0 Å². The fourth-order valence-electron chi connectivity index (χ4n) is 2.74. The fraction of sp³-hybridized carbons (Fsp3) is 0.368. The predicted molar refractivity (Wildman–Crippen MR) is 98.0 cm³/mol. The highest BCUT2D eigenvalue weighted by molar-refractivity contribution is 7.89. The summed E-state index contributed by atoms with van der Waals surface area (Å²) in [6.45, 7) is 4.34. The molecule has 0 amide bonds. The van der Waals surface area contributed by atoms with Crippen molar-refractivity contribution < 1.29 is 22.6 Å². The Morgan fingerprint density at radius 2 is 1.69 bits per heavy atom. The van der Waals surface area contributed by atoms with Crippen molar-refractivity contribution in [1.29, 1.82) is 0 Å². The summed E-state index contributed by atoms with van der Waals surface area (Å²) in [4.78, 5) is 0.276. The maximum absolute atomic E-state index is 12.8. The number of benzene rings is 2. The lowest BCUT2D eigenvalue weighted by Gasteiger charge is -2.26. The third-order valence-electron chi connectivity index (χ3n) is 4.05. The minimum absolute atomic E-state index is 0.260. The van der Waals surface area contributed by atoms with Gasteiger partial charge in [0.2, 0.25) is 10.0 Å². The van der Waals surface area contributed by atoms with Gasteiger partial charge in [-0.25, -0.2) is 8.42 Å². The van der Waals surface area contributed by atoms with E-state index in [1.807, 2.05) is 37.3 Å². The Balaban J connectivity index is 1.74. The molecule has 0 atom stereocenters. The van der Waals surface area contributed by atoms with Gasteiger partial charge in [-0.15, -0.1) is 0 Å². The first-order valence-electron chi connectivity index (χ1n) is 8.62. The van der Waals surface area contributed by atoms with Crippen molar-refractivity contribution >= 4 is 10.0 Å². The van der Waals surface area contributed by atoms with E-state index < -0.39 is 10.0 Å². The molecule has 0 aromatic heterocycles. The number of hydrogen-bond donors (Lipinski definition) is 0. The summed E-state index contributed by atoms with van der Waals surface area (Å²) in [6, 6.07) is 14.3. The third kappa shape index (κ3) is 4.35. The Bertz CT molecular complexity index is 831. The van der Waals surface area contributed by atoms with Crippen LogP contribution >= 0.6 is 0 Å². The number of sulfonamides is 1. The molecular weight excluding hydrogens is 354 g/mol. The molecule has 0 N–H and O–H groups in total. The Kier molecular flexibility index (Phi) is 6.13. The van der Waals surface area contributed by atoms with Gasteiger partial charge in [0.25, 0.3) is 0 Å². The third-order valence-corrected chi connectivity index (χ3v) is 5.94. The van der Waals surface area contributed by atoms with Crippen molar-refractivity contribution in [2.45, 2.75) is 18.4 Å². The summed E-state index contributed by atoms with van der Waals surface area (Å²) < 4.78 is 43.6. The maximum Gasteiger partial charge on any atom is 0.243 e. The Morgan fingerprint density at radius 1 is 1.00 bits per heavy atom. The zero-order chi connectivity index (χ0) is 18.4. The molecule has 0 aliphatic carbocycles. The van der Waals surface area contributed by atoms with Crippen LogP contribution in [0.1, 0.15) is 12.5 Å². The molecule has 0 radical (unpaired) electrons. The monoisotopic (exact) mass is 377 g/mol. The highest BCUT2D eigenvalue weighted by Crippen LogP contribution is 2.27. The first-order chi connectivity index (χ1) is 12.6. The van der Waals surface area contributed by atoms with Gasteiger partial charge in [0.15, 0.2) is 11.5 Å². The molecule has 0 saturated carbocycles. The number of morpholine rings is 1. The van der Waals surface area contributed by atoms with E-state index in [0.717, 1.165) is 5.56 Å². The van der Waals surface area contributed by atoms with E-state index in [0.29, 0.717) is 44.4 Å². The molecule has 1 aliphatic heterocycles. The van der Waals surface area contributed by atoms with E-state index in [2.05, 4.69) is 0 Å². The second kappa shape index (κ2) is 8.53. The van der Waals surface area contributed by atoms with Gasteiger partial charge in [0, 0.05) is 13.1 Å². The number of ether oxygens (including phenoxy) is 3. The molecule has 0 bridgehead atoms. The zero-order valence-electron chi connectivity index (χ0n) is 14.8. The number of nitrogens with zero attached hydrogens (tertiary/aromatic N) is 1. The number of para-hydroxylation sites is 2. The summed E-state index contributed by atoms with van der Waals surface area (Å²) in [7, 11) is -3.51. The van der Waals surface area contributed by atoms with Gasteiger partial charge >= 0.3 is 0 Å². The molecule has 140 valence electrons. The minimum Gasteiger partial charge on any atom is -0.490 e. The first kappa shape index (κ1) is 18.7. The van der Waals surface area contributed by atoms with E-state index in [1.165, 1.54) is 4.31 Å². The topological polar surface area (TPSA) is 65.1 Å². The molecule has 1 aliphatic rings. The van der Waals surface area contributed by atoms with Crippen molar-refractivity contribution in [1.82, 2.24) is 4.31 Å². The van der Waals surface area contributed by atoms with Crippen molar-refractivity contribution in [2.24, 2.45) is 0 Å². The molecule has 0 spiro atoms. The van der Waals surface area contributed by atoms with E-state index in [1.54, 1.807) is 18.2 Å². The standard InChI is InChI=1S/C19H23NO5S/c1-2-24-18-8-3-4-9-19(18)25-15-16-6-5-7-17(14-16)26(21,22)20-10-12-23-13-11-20/h3-9,14H,2,10-13,15H2,1H3. The molecule has 1 fully saturated rings. The number of hydrogen-bond acceptors (Lipinski definition) is 5. The summed E-state index contributed by atoms with van der Waals surface area (Å²) in [5, 5.41) is 0. The molecule has 26 heavy (non-hydrogen) atoms. The Morgan fingerprint density at radius 3 is 2.38 bits per heavy atom. The predicted octanol–water partition coefficient (Wildman–Crippen LogP) is 2.69. The smallest absolute Gasteiger partial charge is 0.243 e. The molecular formula is C19H23NO5S. The van der Waals surface area contributed by atoms with Crippen molar-refractivity contribution in [3.05, 3.63) is 54.1 Å². The van der Waals surface area contributed by atoms with E-state index in [4.69, 9.17) is 14.2 Å². The van der Waals surface area contributed by atoms with Crippen LogP contribution in [-0.4, -0.2) is 45.6 Å². The Hall–Kier alpha value is -2.09. The molecule has 0 unspecified atom stereocenters. The van der Waals surface area contributed by atoms with Crippen LogP contribution < -0.4 is 9.47 Å². The van der Waals surface area contributed by atoms with Crippen LogP contribution in [0.5, 0.6) is 11.5 Å². The summed E-state index contributed by atoms with van der Waals surface area (Å²) in [5.41, 5.74) is 0.783. The van der Waals surface area contributed by atoms with Crippen LogP contribution in [0.2, 0.25) is 0 Å². The van der Waals surface area contributed by atoms with E-state index in [9.17, 15) is 8.42 Å². The average Bonchev–Trinajstić information content (AvgIpc) is 2.68. The quantitative estimate of drug-likeness (QED) is 0.742. The van der Waals surface area contributed by atoms with Gasteiger partial charge in [-0.1, -0.05) is 24.3 Å². The summed E-state index contributed by atoms with van der Waals surface area (Å²) in [5.74, 6) is 1.31. The lowest BCUT2D eigenvalue weighted by molar-refractivity contribution is 0.0730. The largest absolute Gasteiger partial charge is 0.490 e. The molecule has 6 nitrogen and oxygen atoms in total. The summed E-state index contributed by atoms with van der Waals surface area (Å²) in [6.07, 6.45) is 0. The van der Waals surface area contributed by atoms with Crippen LogP contribution in [-0.2, 0) is 21.4 Å². The lowest BCUT2D eigenvalue weighted by Crippen LogP contribution is -2.40. The van der Waals surface area contributed by atoms with Gasteiger partial charge in [-0.2, -0.15) is 4.31 Å². The molecule has 3 rings (SSSR count). The van der Waals surface area contributed by atoms with Crippen LogP contribution in [0, 0.1) is 0 Å². The van der Waals surface area contributed by atoms with Crippen LogP contribution in [0.3, 0.4) is 0 Å². The summed E-state index contributed by atoms with van der Waals surface area (Å²) >= 11 is 0. The van der Waals surface area contributed by atoms with Crippen molar-refractivity contribution in [3.63, 3.8) is 0 Å². The van der Waals surface area contributed by atoms with Gasteiger partial charge in [-0.05, 0) is 36.8 Å². The van der Waals surface area contributed by atoms with Crippen LogP contribution in [0.25, 0.3) is 0 Å². The van der Waals surface area contributed by atoms with Gasteiger partial charge < -0.3 is 14.2 Å². The normalized spacial score (nSPS) is 15.6. The van der Waals surface area contributed by atoms with Crippen molar-refractivity contribution in [3.8, 4) is 11.5 Å². The Labute approximate surface area is 154 Å². The molecule has 1 saturated heterocycles. The second-order valence-electron chi connectivity index (χ2n) is 5.83. The second-order valence-corrected chi connectivity index (χ2v) is 7.77. The fourth-order valence-corrected chi connectivity index (χ4v) is 4.22. The SMILES string of the molecule is CCOc1ccccc1OCc1cccc(S(=O)(=O)N2CCOCC2)c1. The lowest BCUT2D eigenvalue weighted by atomic mass is 10.2. The number of rotatable bonds is 7. The maximum atomic E-state index is 12.8. The average molecular weight is 377 g/mol. The minimum atomic E-state index is -3.51. The molecule has 7 heteroatoms. The van der Waals surface area contributed by atoms with Gasteiger partial charge in [0.1, 0.15) is 6.61 Å². The van der Waals surface area contributed by atoms with E-state index in [-0.39, 0.29) is 11.5 Å². The highest BCUT2D eigenvalue weighted by atomic mass is 32.2. The van der Waals surface area contributed by atoms with Crippen molar-refractivity contribution in [2.75, 3.05) is 32.9 Å². The van der Waals surface area contributed by atoms with E-state index >= 15 is 0 Å².